The molecule has 0 aliphatic heterocycles. The van der Waals surface area contributed by atoms with Gasteiger partial charge in [0, 0.05) is 12.3 Å². The van der Waals surface area contributed by atoms with Crippen molar-refractivity contribution in [1.82, 2.24) is 25.0 Å². The third kappa shape index (κ3) is 4.71. The van der Waals surface area contributed by atoms with Crippen molar-refractivity contribution in [2.75, 3.05) is 11.9 Å². The van der Waals surface area contributed by atoms with Crippen molar-refractivity contribution in [3.05, 3.63) is 24.2 Å². The van der Waals surface area contributed by atoms with Crippen LogP contribution in [-0.2, 0) is 17.9 Å². The molecule has 0 aromatic carbocycles. The van der Waals surface area contributed by atoms with E-state index in [0.717, 1.165) is 6.42 Å². The van der Waals surface area contributed by atoms with Crippen LogP contribution < -0.4 is 10.1 Å². The fraction of sp³-hybridized carbons (Fsp3) is 0.417. The SMILES string of the molecule is CCCOc1ccnc(NCc2cn(CC(=O)O)nn2)n1. The number of ether oxygens (including phenoxy) is 1. The Morgan fingerprint density at radius 2 is 2.38 bits per heavy atom. The van der Waals surface area contributed by atoms with Crippen LogP contribution in [0.4, 0.5) is 5.95 Å². The highest BCUT2D eigenvalue weighted by molar-refractivity contribution is 5.66. The van der Waals surface area contributed by atoms with Gasteiger partial charge in [-0.1, -0.05) is 12.1 Å². The molecular weight excluding hydrogens is 276 g/mol. The van der Waals surface area contributed by atoms with E-state index in [1.807, 2.05) is 6.92 Å². The fourth-order valence-corrected chi connectivity index (χ4v) is 1.52. The topological polar surface area (TPSA) is 115 Å². The molecule has 2 aromatic heterocycles. The summed E-state index contributed by atoms with van der Waals surface area (Å²) in [6.07, 6.45) is 4.06. The summed E-state index contributed by atoms with van der Waals surface area (Å²) in [4.78, 5) is 18.8. The summed E-state index contributed by atoms with van der Waals surface area (Å²) in [5.41, 5.74) is 0.597. The minimum atomic E-state index is -0.969. The van der Waals surface area contributed by atoms with E-state index in [4.69, 9.17) is 9.84 Å². The van der Waals surface area contributed by atoms with Crippen LogP contribution in [0.15, 0.2) is 18.5 Å². The first-order valence-corrected chi connectivity index (χ1v) is 6.48. The first-order chi connectivity index (χ1) is 10.2. The summed E-state index contributed by atoms with van der Waals surface area (Å²) < 4.78 is 6.66. The number of hydrogen-bond donors (Lipinski definition) is 2. The van der Waals surface area contributed by atoms with Crippen LogP contribution in [0, 0.1) is 0 Å². The summed E-state index contributed by atoms with van der Waals surface area (Å²) in [6, 6.07) is 1.68. The number of nitrogens with one attached hydrogen (secondary N) is 1. The Kier molecular flexibility index (Phi) is 5.02. The van der Waals surface area contributed by atoms with Crippen LogP contribution in [0.3, 0.4) is 0 Å². The second-order valence-corrected chi connectivity index (χ2v) is 4.22. The van der Waals surface area contributed by atoms with Crippen molar-refractivity contribution in [2.24, 2.45) is 0 Å². The predicted octanol–water partition coefficient (Wildman–Crippen LogP) is 0.554. The third-order valence-electron chi connectivity index (χ3n) is 2.40. The summed E-state index contributed by atoms with van der Waals surface area (Å²) in [6.45, 7) is 2.74. The van der Waals surface area contributed by atoms with Gasteiger partial charge in [0.15, 0.2) is 0 Å². The van der Waals surface area contributed by atoms with Gasteiger partial charge >= 0.3 is 5.97 Å². The zero-order valence-electron chi connectivity index (χ0n) is 11.6. The van der Waals surface area contributed by atoms with Gasteiger partial charge < -0.3 is 15.2 Å². The molecule has 2 N–H and O–H groups in total. The highest BCUT2D eigenvalue weighted by atomic mass is 16.5. The van der Waals surface area contributed by atoms with Gasteiger partial charge in [-0.3, -0.25) is 4.79 Å². The molecule has 9 nitrogen and oxygen atoms in total. The van der Waals surface area contributed by atoms with Gasteiger partial charge in [-0.05, 0) is 6.42 Å². The number of aromatic nitrogens is 5. The number of hydrogen-bond acceptors (Lipinski definition) is 7. The Hall–Kier alpha value is -2.71. The number of carbonyl (C=O) groups is 1. The van der Waals surface area contributed by atoms with Gasteiger partial charge in [0.1, 0.15) is 12.2 Å². The smallest absolute Gasteiger partial charge is 0.325 e. The molecule has 21 heavy (non-hydrogen) atoms. The predicted molar refractivity (Wildman–Crippen MR) is 72.8 cm³/mol. The number of rotatable bonds is 8. The standard InChI is InChI=1S/C12H16N6O3/c1-2-5-21-10-3-4-13-12(15-10)14-6-9-7-18(17-16-9)8-11(19)20/h3-4,7H,2,5-6,8H2,1H3,(H,19,20)(H,13,14,15). The van der Waals surface area contributed by atoms with Gasteiger partial charge in [-0.25, -0.2) is 9.67 Å². The van der Waals surface area contributed by atoms with E-state index in [0.29, 0.717) is 30.7 Å². The number of nitrogens with zero attached hydrogens (tertiary/aromatic N) is 5. The Morgan fingerprint density at radius 1 is 1.52 bits per heavy atom. The maximum absolute atomic E-state index is 10.5. The van der Waals surface area contributed by atoms with Crippen LogP contribution in [0.2, 0.25) is 0 Å². The van der Waals surface area contributed by atoms with Crippen LogP contribution in [0.25, 0.3) is 0 Å². The third-order valence-corrected chi connectivity index (χ3v) is 2.40. The molecule has 0 fully saturated rings. The van der Waals surface area contributed by atoms with Crippen molar-refractivity contribution in [3.8, 4) is 5.88 Å². The molecular formula is C12H16N6O3. The summed E-state index contributed by atoms with van der Waals surface area (Å²) >= 11 is 0. The van der Waals surface area contributed by atoms with E-state index >= 15 is 0 Å². The molecule has 0 radical (unpaired) electrons. The molecule has 9 heteroatoms. The lowest BCUT2D eigenvalue weighted by molar-refractivity contribution is -0.137. The molecule has 0 saturated heterocycles. The number of anilines is 1. The summed E-state index contributed by atoms with van der Waals surface area (Å²) in [7, 11) is 0. The summed E-state index contributed by atoms with van der Waals surface area (Å²) in [5.74, 6) is -0.0521. The van der Waals surface area contributed by atoms with Crippen LogP contribution in [0.5, 0.6) is 5.88 Å². The lowest BCUT2D eigenvalue weighted by atomic mass is 10.4. The average molecular weight is 292 g/mol. The van der Waals surface area contributed by atoms with Crippen molar-refractivity contribution in [3.63, 3.8) is 0 Å². The molecule has 0 unspecified atom stereocenters. The van der Waals surface area contributed by atoms with Crippen molar-refractivity contribution in [1.29, 1.82) is 0 Å². The second kappa shape index (κ2) is 7.17. The number of carboxylic acid groups (broad SMARTS) is 1. The molecule has 0 aliphatic carbocycles. The summed E-state index contributed by atoms with van der Waals surface area (Å²) in [5, 5.41) is 19.2. The lowest BCUT2D eigenvalue weighted by Gasteiger charge is -2.05. The molecule has 2 rings (SSSR count). The first kappa shape index (κ1) is 14.7. The largest absolute Gasteiger partial charge is 0.480 e. The normalized spacial score (nSPS) is 10.3. The molecule has 0 amide bonds. The van der Waals surface area contributed by atoms with Crippen LogP contribution in [0.1, 0.15) is 19.0 Å². The lowest BCUT2D eigenvalue weighted by Crippen LogP contribution is -2.09. The van der Waals surface area contributed by atoms with Crippen molar-refractivity contribution in [2.45, 2.75) is 26.4 Å². The second-order valence-electron chi connectivity index (χ2n) is 4.22. The Balaban J connectivity index is 1.90. The molecule has 0 atom stereocenters. The van der Waals surface area contributed by atoms with Gasteiger partial charge in [0.2, 0.25) is 11.8 Å². The molecule has 0 spiro atoms. The van der Waals surface area contributed by atoms with E-state index < -0.39 is 5.97 Å². The first-order valence-electron chi connectivity index (χ1n) is 6.48. The highest BCUT2D eigenvalue weighted by Gasteiger charge is 2.05. The van der Waals surface area contributed by atoms with E-state index in [2.05, 4.69) is 25.6 Å². The van der Waals surface area contributed by atoms with Crippen molar-refractivity contribution < 1.29 is 14.6 Å². The number of carboxylic acids is 1. The van der Waals surface area contributed by atoms with E-state index in [9.17, 15) is 4.79 Å². The Bertz CT molecular complexity index is 600. The monoisotopic (exact) mass is 292 g/mol. The van der Waals surface area contributed by atoms with Gasteiger partial charge in [-0.15, -0.1) is 5.10 Å². The van der Waals surface area contributed by atoms with Gasteiger partial charge in [-0.2, -0.15) is 4.98 Å². The van der Waals surface area contributed by atoms with Gasteiger partial charge in [0.25, 0.3) is 0 Å². The van der Waals surface area contributed by atoms with E-state index in [1.54, 1.807) is 18.5 Å². The fourth-order valence-electron chi connectivity index (χ4n) is 1.52. The molecule has 2 heterocycles. The quantitative estimate of drug-likeness (QED) is 0.725. The molecule has 0 saturated carbocycles. The Labute approximate surface area is 121 Å². The highest BCUT2D eigenvalue weighted by Crippen LogP contribution is 2.09. The van der Waals surface area contributed by atoms with E-state index in [-0.39, 0.29) is 6.54 Å². The van der Waals surface area contributed by atoms with Crippen LogP contribution in [-0.4, -0.2) is 42.6 Å². The van der Waals surface area contributed by atoms with E-state index in [1.165, 1.54) is 4.68 Å². The molecule has 2 aromatic rings. The molecule has 0 bridgehead atoms. The number of aliphatic carboxylic acids is 1. The minimum Gasteiger partial charge on any atom is -0.480 e. The molecule has 0 aliphatic rings. The Morgan fingerprint density at radius 3 is 3.14 bits per heavy atom. The van der Waals surface area contributed by atoms with Gasteiger partial charge in [0.05, 0.1) is 19.3 Å². The van der Waals surface area contributed by atoms with Crippen molar-refractivity contribution >= 4 is 11.9 Å². The average Bonchev–Trinajstić information content (AvgIpc) is 2.90. The maximum Gasteiger partial charge on any atom is 0.325 e. The zero-order chi connectivity index (χ0) is 15.1. The van der Waals surface area contributed by atoms with Crippen LogP contribution >= 0.6 is 0 Å². The zero-order valence-corrected chi connectivity index (χ0v) is 11.6. The minimum absolute atomic E-state index is 0.218. The maximum atomic E-state index is 10.5. The molecule has 112 valence electrons.